The average molecular weight is 507 g/mol. The van der Waals surface area contributed by atoms with Crippen molar-refractivity contribution in [3.8, 4) is 0 Å². The molecule has 0 radical (unpaired) electrons. The summed E-state index contributed by atoms with van der Waals surface area (Å²) in [7, 11) is -9.19. The molecule has 0 aliphatic carbocycles. The van der Waals surface area contributed by atoms with Gasteiger partial charge < -0.3 is 0 Å². The second-order valence-corrected chi connectivity index (χ2v) is 12.6. The highest BCUT2D eigenvalue weighted by Crippen LogP contribution is 2.44. The van der Waals surface area contributed by atoms with Crippen molar-refractivity contribution in [1.29, 1.82) is 0 Å². The van der Waals surface area contributed by atoms with Crippen LogP contribution in [0.2, 0.25) is 0 Å². The van der Waals surface area contributed by atoms with Crippen LogP contribution >= 0.6 is 11.8 Å². The third kappa shape index (κ3) is 6.52. The average Bonchev–Trinajstić information content (AvgIpc) is 2.73. The molecule has 2 rings (SSSR count). The minimum absolute atomic E-state index is 0.0510. The van der Waals surface area contributed by atoms with Crippen LogP contribution in [-0.4, -0.2) is 32.8 Å². The van der Waals surface area contributed by atoms with E-state index in [9.17, 15) is 16.8 Å². The molecule has 0 aliphatic rings. The summed E-state index contributed by atoms with van der Waals surface area (Å²) in [6.07, 6.45) is 0.176. The number of benzene rings is 2. The number of halogens is 2. The van der Waals surface area contributed by atoms with Crippen LogP contribution in [0.1, 0.15) is 45.1 Å². The van der Waals surface area contributed by atoms with E-state index in [0.29, 0.717) is 12.8 Å². The number of aryl methyl sites for hydroxylation is 1. The van der Waals surface area contributed by atoms with E-state index in [0.717, 1.165) is 17.7 Å². The molecular formula is C22H28F2O5S3. The van der Waals surface area contributed by atoms with E-state index in [1.807, 2.05) is 0 Å². The molecule has 32 heavy (non-hydrogen) atoms. The molecule has 0 aliphatic heterocycles. The minimum Gasteiger partial charge on any atom is -0.262 e. The molecule has 0 aromatic heterocycles. The quantitative estimate of drug-likeness (QED) is 0.339. The molecule has 0 fully saturated rings. The van der Waals surface area contributed by atoms with Crippen molar-refractivity contribution in [1.82, 2.24) is 0 Å². The standard InChI is InChI=1S/C22H28F2O5S3/c1-4-9-20(29-32(27,28)19-15-13-17(3)14-16-19)21(10-5-2)30-22(23,24)31(25,26)18-11-7-6-8-12-18/h6-8,11-16,20-21H,4-5,9-10H2,1-3H3. The first-order valence-corrected chi connectivity index (χ1v) is 14.1. The Morgan fingerprint density at radius 2 is 1.44 bits per heavy atom. The molecule has 0 saturated carbocycles. The monoisotopic (exact) mass is 506 g/mol. The van der Waals surface area contributed by atoms with Crippen LogP contribution in [0.15, 0.2) is 64.4 Å². The molecule has 5 nitrogen and oxygen atoms in total. The van der Waals surface area contributed by atoms with Crippen LogP contribution in [-0.2, 0) is 24.1 Å². The molecule has 10 heteroatoms. The number of rotatable bonds is 12. The lowest BCUT2D eigenvalue weighted by atomic mass is 10.1. The number of hydrogen-bond acceptors (Lipinski definition) is 6. The van der Waals surface area contributed by atoms with Gasteiger partial charge in [0.1, 0.15) is 0 Å². The van der Waals surface area contributed by atoms with E-state index in [4.69, 9.17) is 4.18 Å². The highest BCUT2D eigenvalue weighted by Gasteiger charge is 2.50. The van der Waals surface area contributed by atoms with Gasteiger partial charge in [-0.15, -0.1) is 0 Å². The Hall–Kier alpha value is -1.49. The highest BCUT2D eigenvalue weighted by molar-refractivity contribution is 8.14. The van der Waals surface area contributed by atoms with Gasteiger partial charge in [0.05, 0.1) is 15.9 Å². The lowest BCUT2D eigenvalue weighted by molar-refractivity contribution is 0.174. The maximum atomic E-state index is 15.0. The summed E-state index contributed by atoms with van der Waals surface area (Å²) in [6, 6.07) is 12.5. The maximum Gasteiger partial charge on any atom is 0.397 e. The van der Waals surface area contributed by atoms with E-state index in [1.54, 1.807) is 32.9 Å². The third-order valence-corrected chi connectivity index (χ3v) is 9.71. The van der Waals surface area contributed by atoms with Gasteiger partial charge in [0, 0.05) is 5.25 Å². The molecule has 0 amide bonds. The number of alkyl halides is 2. The summed E-state index contributed by atoms with van der Waals surface area (Å²) < 4.78 is 82.0. The Bertz CT molecular complexity index is 1070. The molecular weight excluding hydrogens is 478 g/mol. The Balaban J connectivity index is 2.34. The van der Waals surface area contributed by atoms with Crippen LogP contribution < -0.4 is 0 Å². The lowest BCUT2D eigenvalue weighted by Crippen LogP contribution is -2.35. The Labute approximate surface area is 193 Å². The first kappa shape index (κ1) is 26.8. The van der Waals surface area contributed by atoms with Crippen LogP contribution in [0.4, 0.5) is 8.78 Å². The smallest absolute Gasteiger partial charge is 0.262 e. The summed E-state index contributed by atoms with van der Waals surface area (Å²) in [5.41, 5.74) is 0.860. The predicted octanol–water partition coefficient (Wildman–Crippen LogP) is 5.80. The summed E-state index contributed by atoms with van der Waals surface area (Å²) >= 11 is -0.0510. The number of thioether (sulfide) groups is 1. The van der Waals surface area contributed by atoms with E-state index in [2.05, 4.69) is 0 Å². The van der Waals surface area contributed by atoms with Crippen LogP contribution in [0.3, 0.4) is 0 Å². The van der Waals surface area contributed by atoms with Gasteiger partial charge in [0.2, 0.25) is 0 Å². The van der Waals surface area contributed by atoms with Gasteiger partial charge in [0.25, 0.3) is 20.0 Å². The number of hydrogen-bond donors (Lipinski definition) is 0. The largest absolute Gasteiger partial charge is 0.397 e. The van der Waals surface area contributed by atoms with Crippen molar-refractivity contribution >= 4 is 31.7 Å². The van der Waals surface area contributed by atoms with E-state index < -0.39 is 40.8 Å². The van der Waals surface area contributed by atoms with Crippen molar-refractivity contribution in [3.63, 3.8) is 0 Å². The van der Waals surface area contributed by atoms with E-state index >= 15 is 8.78 Å². The van der Waals surface area contributed by atoms with Gasteiger partial charge in [-0.2, -0.15) is 17.2 Å². The fourth-order valence-corrected chi connectivity index (χ4v) is 7.30. The van der Waals surface area contributed by atoms with Gasteiger partial charge in [-0.3, -0.25) is 4.18 Å². The van der Waals surface area contributed by atoms with Gasteiger partial charge in [0.15, 0.2) is 0 Å². The van der Waals surface area contributed by atoms with Gasteiger partial charge in [-0.05, 0) is 44.0 Å². The van der Waals surface area contributed by atoms with Gasteiger partial charge in [-0.1, -0.05) is 74.3 Å². The molecule has 0 heterocycles. The third-order valence-electron chi connectivity index (χ3n) is 4.78. The minimum atomic E-state index is -4.98. The molecule has 0 saturated heterocycles. The summed E-state index contributed by atoms with van der Waals surface area (Å²) in [4.78, 5) is -0.568. The normalized spacial score (nSPS) is 14.8. The Morgan fingerprint density at radius 3 is 1.97 bits per heavy atom. The molecule has 0 bridgehead atoms. The highest BCUT2D eigenvalue weighted by atomic mass is 32.3. The van der Waals surface area contributed by atoms with Crippen molar-refractivity contribution < 1.29 is 29.8 Å². The lowest BCUT2D eigenvalue weighted by Gasteiger charge is -2.29. The van der Waals surface area contributed by atoms with E-state index in [1.165, 1.54) is 30.3 Å². The van der Waals surface area contributed by atoms with Crippen molar-refractivity contribution in [3.05, 3.63) is 60.2 Å². The summed E-state index contributed by atoms with van der Waals surface area (Å²) in [5.74, 6) is 0. The van der Waals surface area contributed by atoms with Crippen molar-refractivity contribution in [2.45, 2.75) is 72.2 Å². The Kier molecular flexibility index (Phi) is 9.27. The number of sulfone groups is 1. The molecule has 2 unspecified atom stereocenters. The Morgan fingerprint density at radius 1 is 0.875 bits per heavy atom. The molecule has 2 aromatic rings. The first-order chi connectivity index (χ1) is 14.9. The summed E-state index contributed by atoms with van der Waals surface area (Å²) in [5, 5.41) is -1.05. The molecule has 178 valence electrons. The summed E-state index contributed by atoms with van der Waals surface area (Å²) in [6.45, 7) is 5.34. The second-order valence-electron chi connectivity index (χ2n) is 7.42. The topological polar surface area (TPSA) is 77.5 Å². The van der Waals surface area contributed by atoms with Gasteiger partial charge >= 0.3 is 4.59 Å². The zero-order valence-electron chi connectivity index (χ0n) is 18.2. The molecule has 0 N–H and O–H groups in total. The molecule has 2 atom stereocenters. The SMILES string of the molecule is CCCC(OS(=O)(=O)c1ccc(C)cc1)C(CCC)SC(F)(F)S(=O)(=O)c1ccccc1. The van der Waals surface area contributed by atoms with Crippen molar-refractivity contribution in [2.24, 2.45) is 0 Å². The van der Waals surface area contributed by atoms with Crippen molar-refractivity contribution in [2.75, 3.05) is 0 Å². The maximum absolute atomic E-state index is 15.0. The zero-order valence-corrected chi connectivity index (χ0v) is 20.7. The predicted molar refractivity (Wildman–Crippen MR) is 123 cm³/mol. The zero-order chi connectivity index (χ0) is 24.0. The second kappa shape index (κ2) is 11.1. The fraction of sp³-hybridized carbons (Fsp3) is 0.455. The van der Waals surface area contributed by atoms with Crippen LogP contribution in [0, 0.1) is 6.92 Å². The van der Waals surface area contributed by atoms with E-state index in [-0.39, 0.29) is 29.5 Å². The first-order valence-electron chi connectivity index (χ1n) is 10.3. The van der Waals surface area contributed by atoms with Gasteiger partial charge in [-0.25, -0.2) is 8.42 Å². The van der Waals surface area contributed by atoms with Crippen LogP contribution in [0.25, 0.3) is 0 Å². The van der Waals surface area contributed by atoms with Crippen LogP contribution in [0.5, 0.6) is 0 Å². The molecule has 0 spiro atoms. The fourth-order valence-electron chi connectivity index (χ4n) is 3.09. The molecule has 2 aromatic carbocycles.